The molecule has 0 aliphatic carbocycles. The first-order valence-electron chi connectivity index (χ1n) is 7.31. The maximum atomic E-state index is 12.3. The van der Waals surface area contributed by atoms with Gasteiger partial charge in [0.1, 0.15) is 0 Å². The summed E-state index contributed by atoms with van der Waals surface area (Å²) in [5.41, 5.74) is 1.24. The lowest BCUT2D eigenvalue weighted by Gasteiger charge is -2.01. The minimum absolute atomic E-state index is 0.0135. The molecule has 6 nitrogen and oxygen atoms in total. The Morgan fingerprint density at radius 1 is 1.33 bits per heavy atom. The third kappa shape index (κ3) is 4.07. The average molecular weight is 365 g/mol. The highest BCUT2D eigenvalue weighted by Gasteiger charge is 2.17. The number of hydrogen-bond acceptors (Lipinski definition) is 8. The van der Waals surface area contributed by atoms with E-state index in [1.54, 1.807) is 25.1 Å². The minimum atomic E-state index is -0.296. The van der Waals surface area contributed by atoms with Crippen molar-refractivity contribution < 1.29 is 23.8 Å². The number of fused-ring (bicyclic) bond motifs is 1. The Kier molecular flexibility index (Phi) is 5.37. The first-order valence-corrected chi connectivity index (χ1v) is 9.18. The molecule has 0 spiro atoms. The maximum absolute atomic E-state index is 12.3. The zero-order valence-corrected chi connectivity index (χ0v) is 14.6. The van der Waals surface area contributed by atoms with Crippen LogP contribution in [-0.4, -0.2) is 35.9 Å². The molecule has 0 radical (unpaired) electrons. The van der Waals surface area contributed by atoms with Crippen LogP contribution in [-0.2, 0) is 16.0 Å². The molecule has 0 saturated heterocycles. The molecule has 1 aromatic carbocycles. The molecule has 8 heteroatoms. The molecule has 0 unspecified atom stereocenters. The summed E-state index contributed by atoms with van der Waals surface area (Å²) in [5, 5.41) is 1.81. The van der Waals surface area contributed by atoms with Crippen LogP contribution in [0, 0.1) is 0 Å². The predicted molar refractivity (Wildman–Crippen MR) is 90.1 cm³/mol. The molecular formula is C16H15NO5S2. The average Bonchev–Trinajstić information content (AvgIpc) is 3.21. The number of carbonyl (C=O) groups is 2. The van der Waals surface area contributed by atoms with E-state index >= 15 is 0 Å². The first kappa shape index (κ1) is 16.8. The van der Waals surface area contributed by atoms with Crippen molar-refractivity contribution in [3.05, 3.63) is 34.8 Å². The second kappa shape index (κ2) is 7.67. The Balaban J connectivity index is 1.55. The largest absolute Gasteiger partial charge is 0.466 e. The van der Waals surface area contributed by atoms with Gasteiger partial charge in [0.25, 0.3) is 0 Å². The summed E-state index contributed by atoms with van der Waals surface area (Å²) in [6, 6.07) is 5.16. The van der Waals surface area contributed by atoms with Gasteiger partial charge in [-0.05, 0) is 25.1 Å². The fraction of sp³-hybridized carbons (Fsp3) is 0.312. The summed E-state index contributed by atoms with van der Waals surface area (Å²) >= 11 is 2.77. The van der Waals surface area contributed by atoms with Gasteiger partial charge in [-0.2, -0.15) is 0 Å². The third-order valence-electron chi connectivity index (χ3n) is 3.18. The Morgan fingerprint density at radius 3 is 3.00 bits per heavy atom. The van der Waals surface area contributed by atoms with Crippen molar-refractivity contribution in [2.75, 3.05) is 19.2 Å². The summed E-state index contributed by atoms with van der Waals surface area (Å²) in [5.74, 6) is 1.21. The van der Waals surface area contributed by atoms with Gasteiger partial charge in [-0.1, -0.05) is 11.8 Å². The van der Waals surface area contributed by atoms with Gasteiger partial charge < -0.3 is 14.2 Å². The van der Waals surface area contributed by atoms with E-state index in [-0.39, 0.29) is 30.7 Å². The van der Waals surface area contributed by atoms with E-state index < -0.39 is 0 Å². The topological polar surface area (TPSA) is 74.7 Å². The summed E-state index contributed by atoms with van der Waals surface area (Å²) in [6.45, 7) is 2.31. The number of hydrogen-bond donors (Lipinski definition) is 0. The molecule has 1 aliphatic heterocycles. The first-order chi connectivity index (χ1) is 11.7. The fourth-order valence-corrected chi connectivity index (χ4v) is 3.82. The lowest BCUT2D eigenvalue weighted by molar-refractivity contribution is -0.142. The number of nitrogens with zero attached hydrogens (tertiary/aromatic N) is 1. The summed E-state index contributed by atoms with van der Waals surface area (Å²) in [6.07, 6.45) is 0.154. The number of ether oxygens (including phenoxy) is 3. The van der Waals surface area contributed by atoms with Crippen molar-refractivity contribution in [3.8, 4) is 11.5 Å². The van der Waals surface area contributed by atoms with Crippen molar-refractivity contribution in [2.24, 2.45) is 0 Å². The Labute approximate surface area is 147 Å². The van der Waals surface area contributed by atoms with Crippen LogP contribution >= 0.6 is 23.1 Å². The predicted octanol–water partition coefficient (Wildman–Crippen LogP) is 2.95. The van der Waals surface area contributed by atoms with Crippen molar-refractivity contribution in [3.63, 3.8) is 0 Å². The number of thiazole rings is 1. The number of benzene rings is 1. The molecule has 0 fully saturated rings. The Hall–Kier alpha value is -2.06. The molecule has 2 aromatic rings. The lowest BCUT2D eigenvalue weighted by atomic mass is 10.1. The second-order valence-electron chi connectivity index (χ2n) is 4.87. The molecule has 2 heterocycles. The molecule has 0 saturated carbocycles. The number of esters is 1. The van der Waals surface area contributed by atoms with E-state index in [0.717, 1.165) is 4.34 Å². The quantitative estimate of drug-likeness (QED) is 0.424. The van der Waals surface area contributed by atoms with Crippen LogP contribution < -0.4 is 9.47 Å². The van der Waals surface area contributed by atoms with Crippen LogP contribution in [0.1, 0.15) is 23.0 Å². The van der Waals surface area contributed by atoms with Gasteiger partial charge in [0.2, 0.25) is 6.79 Å². The smallest absolute Gasteiger partial charge is 0.311 e. The van der Waals surface area contributed by atoms with E-state index in [1.807, 2.05) is 5.38 Å². The Bertz CT molecular complexity index is 759. The van der Waals surface area contributed by atoms with Gasteiger partial charge in [-0.3, -0.25) is 9.59 Å². The third-order valence-corrected chi connectivity index (χ3v) is 5.25. The van der Waals surface area contributed by atoms with Crippen LogP contribution in [0.2, 0.25) is 0 Å². The monoisotopic (exact) mass is 365 g/mol. The van der Waals surface area contributed by atoms with Crippen LogP contribution in [0.5, 0.6) is 11.5 Å². The number of ketones is 1. The molecule has 0 bridgehead atoms. The molecule has 1 aliphatic rings. The van der Waals surface area contributed by atoms with E-state index in [9.17, 15) is 9.59 Å². The van der Waals surface area contributed by atoms with E-state index in [0.29, 0.717) is 29.4 Å². The lowest BCUT2D eigenvalue weighted by Crippen LogP contribution is -2.07. The van der Waals surface area contributed by atoms with E-state index in [1.165, 1.54) is 23.1 Å². The van der Waals surface area contributed by atoms with Crippen LogP contribution in [0.3, 0.4) is 0 Å². The second-order valence-corrected chi connectivity index (χ2v) is 6.95. The number of rotatable bonds is 7. The molecule has 0 amide bonds. The molecular weight excluding hydrogens is 350 g/mol. The molecule has 3 rings (SSSR count). The molecule has 0 atom stereocenters. The highest BCUT2D eigenvalue weighted by atomic mass is 32.2. The van der Waals surface area contributed by atoms with Gasteiger partial charge in [0, 0.05) is 10.9 Å². The van der Waals surface area contributed by atoms with Crippen LogP contribution in [0.25, 0.3) is 0 Å². The zero-order chi connectivity index (χ0) is 16.9. The minimum Gasteiger partial charge on any atom is -0.466 e. The van der Waals surface area contributed by atoms with Crippen molar-refractivity contribution in [1.29, 1.82) is 0 Å². The fourth-order valence-electron chi connectivity index (χ4n) is 2.08. The van der Waals surface area contributed by atoms with E-state index in [2.05, 4.69) is 4.98 Å². The molecule has 24 heavy (non-hydrogen) atoms. The highest BCUT2D eigenvalue weighted by molar-refractivity contribution is 8.01. The number of thioether (sulfide) groups is 1. The van der Waals surface area contributed by atoms with Gasteiger partial charge in [0.05, 0.1) is 24.5 Å². The highest BCUT2D eigenvalue weighted by Crippen LogP contribution is 2.33. The molecule has 0 N–H and O–H groups in total. The van der Waals surface area contributed by atoms with Crippen molar-refractivity contribution in [1.82, 2.24) is 4.98 Å². The van der Waals surface area contributed by atoms with Gasteiger partial charge in [0.15, 0.2) is 21.6 Å². The Morgan fingerprint density at radius 2 is 2.17 bits per heavy atom. The summed E-state index contributed by atoms with van der Waals surface area (Å²) in [4.78, 5) is 28.0. The van der Waals surface area contributed by atoms with Gasteiger partial charge >= 0.3 is 5.97 Å². The van der Waals surface area contributed by atoms with Crippen LogP contribution in [0.4, 0.5) is 0 Å². The van der Waals surface area contributed by atoms with Crippen molar-refractivity contribution >= 4 is 34.9 Å². The number of Topliss-reactive ketones (excluding diaryl/α,β-unsaturated/α-hetero) is 1. The van der Waals surface area contributed by atoms with Gasteiger partial charge in [-0.15, -0.1) is 11.3 Å². The maximum Gasteiger partial charge on any atom is 0.311 e. The summed E-state index contributed by atoms with van der Waals surface area (Å²) in [7, 11) is 0. The molecule has 1 aromatic heterocycles. The van der Waals surface area contributed by atoms with Crippen LogP contribution in [0.15, 0.2) is 27.9 Å². The number of aromatic nitrogens is 1. The standard InChI is InChI=1S/C16H15NO5S2/c1-2-20-15(19)6-11-7-23-16(17-11)24-8-12(18)10-3-4-13-14(5-10)22-9-21-13/h3-5,7H,2,6,8-9H2,1H3. The van der Waals surface area contributed by atoms with Crippen molar-refractivity contribution in [2.45, 2.75) is 17.7 Å². The SMILES string of the molecule is CCOC(=O)Cc1csc(SCC(=O)c2ccc3c(c2)OCO3)n1. The van der Waals surface area contributed by atoms with E-state index in [4.69, 9.17) is 14.2 Å². The normalized spacial score (nSPS) is 12.2. The number of carbonyl (C=O) groups excluding carboxylic acids is 2. The molecule has 126 valence electrons. The summed E-state index contributed by atoms with van der Waals surface area (Å²) < 4.78 is 16.1. The zero-order valence-electron chi connectivity index (χ0n) is 12.9. The van der Waals surface area contributed by atoms with Gasteiger partial charge in [-0.25, -0.2) is 4.98 Å².